The molecule has 0 aliphatic rings. The molecule has 0 saturated carbocycles. The van der Waals surface area contributed by atoms with Crippen molar-refractivity contribution >= 4 is 28.9 Å². The van der Waals surface area contributed by atoms with Gasteiger partial charge in [0, 0.05) is 37.1 Å². The lowest BCUT2D eigenvalue weighted by atomic mass is 10.1. The molecule has 1 N–H and O–H groups in total. The zero-order chi connectivity index (χ0) is 28.6. The minimum Gasteiger partial charge on any atom is -0.494 e. The first-order valence-corrected chi connectivity index (χ1v) is 13.0. The predicted octanol–water partition coefficient (Wildman–Crippen LogP) is 4.28. The van der Waals surface area contributed by atoms with Crippen molar-refractivity contribution in [2.45, 2.75) is 50.1 Å². The van der Waals surface area contributed by atoms with Crippen molar-refractivity contribution in [2.75, 3.05) is 33.5 Å². The fourth-order valence-corrected chi connectivity index (χ4v) is 3.78. The summed E-state index contributed by atoms with van der Waals surface area (Å²) >= 11 is 6.24. The molecule has 0 spiro atoms. The molecule has 0 unspecified atom stereocenters. The van der Waals surface area contributed by atoms with Gasteiger partial charge in [-0.3, -0.25) is 0 Å². The third kappa shape index (κ3) is 8.88. The third-order valence-electron chi connectivity index (χ3n) is 5.54. The molecule has 0 aliphatic carbocycles. The Hall–Kier alpha value is -2.75. The number of fused-ring (bicyclic) bond motifs is 1. The van der Waals surface area contributed by atoms with Gasteiger partial charge in [-0.15, -0.1) is 0 Å². The number of aromatic nitrogens is 5. The van der Waals surface area contributed by atoms with Crippen LogP contribution in [0.2, 0.25) is 5.15 Å². The van der Waals surface area contributed by atoms with Crippen LogP contribution in [0.3, 0.4) is 0 Å². The van der Waals surface area contributed by atoms with E-state index in [1.807, 2.05) is 0 Å². The predicted molar refractivity (Wildman–Crippen MR) is 136 cm³/mol. The minimum atomic E-state index is -4.28. The molecule has 3 aromatic heterocycles. The van der Waals surface area contributed by atoms with E-state index < -0.39 is 29.2 Å². The first-order valence-electron chi connectivity index (χ1n) is 11.8. The minimum absolute atomic E-state index is 0.0240. The summed E-state index contributed by atoms with van der Waals surface area (Å²) in [5.74, 6) is -0.683. The van der Waals surface area contributed by atoms with Gasteiger partial charge in [0.1, 0.15) is 18.7 Å². The smallest absolute Gasteiger partial charge is 0.466 e. The van der Waals surface area contributed by atoms with Gasteiger partial charge in [-0.2, -0.15) is 18.3 Å². The van der Waals surface area contributed by atoms with E-state index in [0.717, 1.165) is 0 Å². The Morgan fingerprint density at radius 2 is 1.95 bits per heavy atom. The first-order chi connectivity index (χ1) is 18.4. The molecule has 0 aliphatic heterocycles. The molecule has 214 valence electrons. The number of pyridine rings is 1. The highest BCUT2D eigenvalue weighted by atomic mass is 35.5. The van der Waals surface area contributed by atoms with Gasteiger partial charge in [-0.1, -0.05) is 11.6 Å². The molecule has 0 bridgehead atoms. The van der Waals surface area contributed by atoms with Gasteiger partial charge in [0.05, 0.1) is 43.9 Å². The quantitative estimate of drug-likeness (QED) is 0.119. The lowest BCUT2D eigenvalue weighted by molar-refractivity contribution is -0.136. The number of ether oxygens (including phenoxy) is 3. The Bertz CT molecular complexity index is 1260. The molecule has 39 heavy (non-hydrogen) atoms. The summed E-state index contributed by atoms with van der Waals surface area (Å²) < 4.78 is 81.3. The van der Waals surface area contributed by atoms with Crippen LogP contribution in [0, 0.1) is 5.82 Å². The molecular weight excluding hydrogens is 568 g/mol. The average Bonchev–Trinajstić information content (AvgIpc) is 3.37. The number of rotatable bonds is 15. The molecular formula is C23H28ClF4N6O4S+. The highest BCUT2D eigenvalue weighted by Gasteiger charge is 2.34. The summed E-state index contributed by atoms with van der Waals surface area (Å²) in [6.07, 6.45) is -1.08. The summed E-state index contributed by atoms with van der Waals surface area (Å²) in [5, 5.41) is 6.74. The van der Waals surface area contributed by atoms with Gasteiger partial charge in [0.2, 0.25) is 5.65 Å². The molecule has 3 rings (SSSR count). The van der Waals surface area contributed by atoms with Gasteiger partial charge in [-0.05, 0) is 12.8 Å². The number of alkyl halides is 3. The molecule has 1 atom stereocenters. The van der Waals surface area contributed by atoms with Crippen molar-refractivity contribution in [3.05, 3.63) is 29.7 Å². The summed E-state index contributed by atoms with van der Waals surface area (Å²) in [4.78, 5) is 12.2. The van der Waals surface area contributed by atoms with Crippen LogP contribution in [0.4, 0.5) is 17.6 Å². The van der Waals surface area contributed by atoms with Crippen molar-refractivity contribution in [2.24, 2.45) is 0 Å². The summed E-state index contributed by atoms with van der Waals surface area (Å²) in [6.45, 7) is 3.98. The number of hydrogen-bond acceptors (Lipinski definition) is 9. The monoisotopic (exact) mass is 595 g/mol. The zero-order valence-electron chi connectivity index (χ0n) is 21.4. The van der Waals surface area contributed by atoms with E-state index in [1.54, 1.807) is 13.8 Å². The van der Waals surface area contributed by atoms with Gasteiger partial charge in [-0.25, -0.2) is 23.9 Å². The summed E-state index contributed by atoms with van der Waals surface area (Å²) in [7, 11) is 1.35. The summed E-state index contributed by atoms with van der Waals surface area (Å²) in [5.41, 5.74) is 0.348. The summed E-state index contributed by atoms with van der Waals surface area (Å²) in [6, 6.07) is -0.481. The largest absolute Gasteiger partial charge is 0.494 e. The Labute approximate surface area is 230 Å². The molecule has 0 amide bonds. The molecule has 0 saturated heterocycles. The maximum Gasteiger partial charge on any atom is 0.466 e. The van der Waals surface area contributed by atoms with E-state index in [-0.39, 0.29) is 66.5 Å². The van der Waals surface area contributed by atoms with Crippen LogP contribution in [0.1, 0.15) is 33.1 Å². The number of hydrogen-bond donors (Lipinski definition) is 1. The Balaban J connectivity index is 1.60. The Morgan fingerprint density at radius 1 is 1.18 bits per heavy atom. The van der Waals surface area contributed by atoms with E-state index in [4.69, 9.17) is 25.8 Å². The fraction of sp³-hybridized carbons (Fsp3) is 0.565. The van der Waals surface area contributed by atoms with Crippen LogP contribution in [-0.4, -0.2) is 75.0 Å². The Kier molecular flexibility index (Phi) is 10.7. The lowest BCUT2D eigenvalue weighted by Gasteiger charge is -2.20. The van der Waals surface area contributed by atoms with Crippen LogP contribution in [0.5, 0.6) is 11.6 Å². The van der Waals surface area contributed by atoms with E-state index in [0.29, 0.717) is 18.1 Å². The van der Waals surface area contributed by atoms with E-state index >= 15 is 0 Å². The number of halogens is 5. The first kappa shape index (κ1) is 30.8. The Morgan fingerprint density at radius 3 is 2.64 bits per heavy atom. The van der Waals surface area contributed by atoms with Crippen LogP contribution in [0.15, 0.2) is 18.7 Å². The molecule has 3 aromatic rings. The van der Waals surface area contributed by atoms with Gasteiger partial charge in [0.25, 0.3) is 10.6 Å². The third-order valence-corrected chi connectivity index (χ3v) is 6.40. The molecule has 16 heteroatoms. The molecule has 0 radical (unpaired) electrons. The van der Waals surface area contributed by atoms with Crippen molar-refractivity contribution in [1.82, 2.24) is 29.9 Å². The van der Waals surface area contributed by atoms with E-state index in [1.165, 1.54) is 30.3 Å². The highest BCUT2D eigenvalue weighted by Crippen LogP contribution is 2.35. The van der Waals surface area contributed by atoms with Gasteiger partial charge < -0.3 is 19.5 Å². The van der Waals surface area contributed by atoms with Crippen molar-refractivity contribution < 1.29 is 36.0 Å². The fourth-order valence-electron chi connectivity index (χ4n) is 3.49. The zero-order valence-corrected chi connectivity index (χ0v) is 23.0. The normalized spacial score (nSPS) is 13.0. The van der Waals surface area contributed by atoms with Crippen LogP contribution in [0.25, 0.3) is 16.9 Å². The second-order valence-electron chi connectivity index (χ2n) is 9.09. The molecule has 10 nitrogen and oxygen atoms in total. The van der Waals surface area contributed by atoms with Crippen molar-refractivity contribution in [3.8, 4) is 22.9 Å². The second kappa shape index (κ2) is 13.5. The van der Waals surface area contributed by atoms with E-state index in [9.17, 15) is 21.8 Å². The van der Waals surface area contributed by atoms with Gasteiger partial charge >= 0.3 is 17.8 Å². The van der Waals surface area contributed by atoms with Crippen molar-refractivity contribution in [1.29, 1.82) is 0 Å². The average molecular weight is 596 g/mol. The SMILES string of the molecule is COc1cnc(Cl)c(F)c1-c1cn2ncnc2c(OCCOCC[C@H](CCC(F)(F)F)NCC(C)(C)[S+]=O)n1. The topological polar surface area (TPSA) is 113 Å². The second-order valence-corrected chi connectivity index (χ2v) is 10.7. The van der Waals surface area contributed by atoms with E-state index in [2.05, 4.69) is 25.4 Å². The molecule has 0 aromatic carbocycles. The van der Waals surface area contributed by atoms with Crippen LogP contribution >= 0.6 is 11.6 Å². The van der Waals surface area contributed by atoms with Gasteiger partial charge in [0.15, 0.2) is 11.0 Å². The molecule has 0 fully saturated rings. The number of methoxy groups -OCH3 is 1. The highest BCUT2D eigenvalue weighted by molar-refractivity contribution is 7.67. The van der Waals surface area contributed by atoms with Crippen molar-refractivity contribution in [3.63, 3.8) is 0 Å². The maximum absolute atomic E-state index is 14.8. The maximum atomic E-state index is 14.8. The number of nitrogens with one attached hydrogen (secondary N) is 1. The standard InChI is InChI=1S/C23H28ClF4N6O4S/c1-22(2,39-35)12-30-14(4-6-23(26,27)28)5-7-37-8-9-38-21-20-31-13-32-34(20)11-15(33-21)17-16(36-3)10-29-19(24)18(17)25/h10-11,13-14,30H,4-9,12H2,1-3H3/q+1/t14-/m0/s1. The lowest BCUT2D eigenvalue weighted by Crippen LogP contribution is -2.41. The number of nitrogens with zero attached hydrogens (tertiary/aromatic N) is 5. The molecule has 3 heterocycles. The van der Waals surface area contributed by atoms with Crippen LogP contribution in [-0.2, 0) is 20.6 Å². The van der Waals surface area contributed by atoms with Crippen LogP contribution < -0.4 is 14.8 Å².